The molecule has 33 heavy (non-hydrogen) atoms. The van der Waals surface area contributed by atoms with Gasteiger partial charge in [0.1, 0.15) is 5.52 Å². The van der Waals surface area contributed by atoms with Crippen molar-refractivity contribution < 1.29 is 4.79 Å². The van der Waals surface area contributed by atoms with Crippen molar-refractivity contribution in [2.75, 3.05) is 30.8 Å². The molecule has 0 radical (unpaired) electrons. The lowest BCUT2D eigenvalue weighted by molar-refractivity contribution is -0.143. The third-order valence-electron chi connectivity index (χ3n) is 7.16. The van der Waals surface area contributed by atoms with Gasteiger partial charge in [0.05, 0.1) is 5.69 Å². The maximum atomic E-state index is 11.5. The molecule has 1 amide bonds. The molecule has 2 N–H and O–H groups in total. The Morgan fingerprint density at radius 3 is 2.67 bits per heavy atom. The van der Waals surface area contributed by atoms with Crippen molar-refractivity contribution in [3.05, 3.63) is 36.8 Å². The van der Waals surface area contributed by atoms with Crippen molar-refractivity contribution in [3.63, 3.8) is 0 Å². The summed E-state index contributed by atoms with van der Waals surface area (Å²) in [5, 5.41) is 16.2. The highest BCUT2D eigenvalue weighted by Crippen LogP contribution is 2.44. The number of carbonyl (C=O) groups is 1. The van der Waals surface area contributed by atoms with E-state index in [0.717, 1.165) is 67.0 Å². The molecule has 170 valence electrons. The lowest BCUT2D eigenvalue weighted by Gasteiger charge is -2.53. The highest BCUT2D eigenvalue weighted by Gasteiger charge is 2.46. The first-order valence-electron chi connectivity index (χ1n) is 11.4. The van der Waals surface area contributed by atoms with Crippen molar-refractivity contribution in [1.82, 2.24) is 34.1 Å². The van der Waals surface area contributed by atoms with E-state index in [-0.39, 0.29) is 5.91 Å². The summed E-state index contributed by atoms with van der Waals surface area (Å²) < 4.78 is 3.62. The predicted molar refractivity (Wildman–Crippen MR) is 125 cm³/mol. The number of hydrogen-bond acceptors (Lipinski definition) is 7. The van der Waals surface area contributed by atoms with Gasteiger partial charge in [0.15, 0.2) is 11.5 Å². The molecule has 1 spiro atoms. The first-order chi connectivity index (χ1) is 16.0. The number of amides is 1. The van der Waals surface area contributed by atoms with E-state index in [1.165, 1.54) is 0 Å². The molecule has 0 atom stereocenters. The van der Waals surface area contributed by atoms with Crippen molar-refractivity contribution in [1.29, 1.82) is 0 Å². The fraction of sp³-hybridized carbons (Fsp3) is 0.435. The number of likely N-dealkylation sites (tertiary alicyclic amines) is 1. The normalized spacial score (nSPS) is 18.1. The zero-order valence-corrected chi connectivity index (χ0v) is 18.8. The zero-order valence-electron chi connectivity index (χ0n) is 18.8. The van der Waals surface area contributed by atoms with Crippen LogP contribution in [0.25, 0.3) is 22.4 Å². The molecule has 10 nitrogen and oxygen atoms in total. The molecular weight excluding hydrogens is 418 g/mol. The van der Waals surface area contributed by atoms with Crippen molar-refractivity contribution in [3.8, 4) is 11.3 Å². The second kappa shape index (κ2) is 7.43. The Bertz CT molecular complexity index is 1340. The van der Waals surface area contributed by atoms with E-state index in [2.05, 4.69) is 20.7 Å². The van der Waals surface area contributed by atoms with Gasteiger partial charge in [0, 0.05) is 62.7 Å². The topological polar surface area (TPSA) is 105 Å². The number of rotatable bonds is 4. The van der Waals surface area contributed by atoms with Crippen LogP contribution in [0.1, 0.15) is 32.6 Å². The molecule has 6 rings (SSSR count). The number of imidazole rings is 1. The van der Waals surface area contributed by atoms with Gasteiger partial charge in [0.2, 0.25) is 11.9 Å². The van der Waals surface area contributed by atoms with E-state index in [9.17, 15) is 4.79 Å². The molecule has 4 aromatic heterocycles. The first-order valence-corrected chi connectivity index (χ1v) is 11.4. The van der Waals surface area contributed by atoms with Gasteiger partial charge in [-0.25, -0.2) is 14.0 Å². The van der Waals surface area contributed by atoms with Gasteiger partial charge in [-0.1, -0.05) is 0 Å². The van der Waals surface area contributed by atoms with E-state index in [4.69, 9.17) is 10.1 Å². The minimum absolute atomic E-state index is 0.188. The molecule has 5 heterocycles. The van der Waals surface area contributed by atoms with Gasteiger partial charge in [-0.15, -0.1) is 5.10 Å². The molecule has 1 aliphatic heterocycles. The minimum atomic E-state index is 0.188. The lowest BCUT2D eigenvalue weighted by Crippen LogP contribution is -2.59. The van der Waals surface area contributed by atoms with Crippen LogP contribution in [0.4, 0.5) is 11.8 Å². The van der Waals surface area contributed by atoms with Crippen LogP contribution in [-0.4, -0.2) is 66.2 Å². The number of nitrogens with one attached hydrogen (secondary N) is 2. The van der Waals surface area contributed by atoms with Crippen LogP contribution in [0.2, 0.25) is 0 Å². The summed E-state index contributed by atoms with van der Waals surface area (Å²) in [5.41, 5.74) is 3.81. The second-order valence-electron chi connectivity index (χ2n) is 9.30. The molecule has 2 fully saturated rings. The van der Waals surface area contributed by atoms with E-state index >= 15 is 0 Å². The van der Waals surface area contributed by atoms with Gasteiger partial charge >= 0.3 is 0 Å². The molecule has 1 aliphatic carbocycles. The SMILES string of the molecule is CNc1nc(NC2CCC3(CC2)CN(C(C)=O)C3)nn2ccc(-c3ccc4nccn4n3)c12. The van der Waals surface area contributed by atoms with Crippen LogP contribution in [0.3, 0.4) is 0 Å². The third kappa shape index (κ3) is 3.37. The van der Waals surface area contributed by atoms with Crippen LogP contribution in [0.15, 0.2) is 36.8 Å². The third-order valence-corrected chi connectivity index (χ3v) is 7.16. The van der Waals surface area contributed by atoms with Crippen molar-refractivity contribution >= 4 is 28.8 Å². The Morgan fingerprint density at radius 2 is 1.91 bits per heavy atom. The summed E-state index contributed by atoms with van der Waals surface area (Å²) in [7, 11) is 1.87. The summed E-state index contributed by atoms with van der Waals surface area (Å²) >= 11 is 0. The van der Waals surface area contributed by atoms with Gasteiger partial charge < -0.3 is 15.5 Å². The van der Waals surface area contributed by atoms with E-state index in [1.807, 2.05) is 47.1 Å². The molecule has 0 aromatic carbocycles. The largest absolute Gasteiger partial charge is 0.371 e. The lowest BCUT2D eigenvalue weighted by atomic mass is 9.67. The number of fused-ring (bicyclic) bond motifs is 2. The smallest absolute Gasteiger partial charge is 0.243 e. The van der Waals surface area contributed by atoms with Crippen LogP contribution in [0.5, 0.6) is 0 Å². The number of carbonyl (C=O) groups excluding carboxylic acids is 1. The summed E-state index contributed by atoms with van der Waals surface area (Å²) in [4.78, 5) is 22.5. The second-order valence-corrected chi connectivity index (χ2v) is 9.30. The Labute approximate surface area is 191 Å². The highest BCUT2D eigenvalue weighted by molar-refractivity contribution is 5.87. The number of hydrogen-bond donors (Lipinski definition) is 2. The average Bonchev–Trinajstić information content (AvgIpc) is 3.44. The Hall–Kier alpha value is -3.69. The molecule has 0 unspecified atom stereocenters. The predicted octanol–water partition coefficient (Wildman–Crippen LogP) is 2.68. The summed E-state index contributed by atoms with van der Waals surface area (Å²) in [5.74, 6) is 1.56. The molecule has 1 saturated carbocycles. The minimum Gasteiger partial charge on any atom is -0.371 e. The van der Waals surface area contributed by atoms with Crippen LogP contribution in [-0.2, 0) is 4.79 Å². The summed E-state index contributed by atoms with van der Waals surface area (Å²) in [6.07, 6.45) is 9.91. The molecule has 10 heteroatoms. The van der Waals surface area contributed by atoms with Crippen LogP contribution in [0, 0.1) is 5.41 Å². The maximum Gasteiger partial charge on any atom is 0.243 e. The van der Waals surface area contributed by atoms with Gasteiger partial charge in [-0.3, -0.25) is 4.79 Å². The van der Waals surface area contributed by atoms with E-state index in [1.54, 1.807) is 17.6 Å². The standard InChI is InChI=1S/C23H27N9O/c1-15(33)30-13-23(14-30)8-5-16(6-9-23)26-22-27-21(24-2)20-17(7-11-32(20)29-22)18-3-4-19-25-10-12-31(19)28-18/h3-4,7,10-12,16H,5-6,8-9,13-14H2,1-2H3,(H2,24,26,27,29). The molecular formula is C23H27N9O. The molecule has 1 saturated heterocycles. The average molecular weight is 446 g/mol. The molecule has 2 aliphatic rings. The summed E-state index contributed by atoms with van der Waals surface area (Å²) in [6.45, 7) is 3.48. The number of aromatic nitrogens is 6. The van der Waals surface area contributed by atoms with Crippen LogP contribution >= 0.6 is 0 Å². The molecule has 0 bridgehead atoms. The Kier molecular flexibility index (Phi) is 4.49. The van der Waals surface area contributed by atoms with E-state index in [0.29, 0.717) is 17.4 Å². The Balaban J connectivity index is 1.22. The molecule has 4 aromatic rings. The van der Waals surface area contributed by atoms with Gasteiger partial charge in [0.25, 0.3) is 0 Å². The fourth-order valence-electron chi connectivity index (χ4n) is 5.29. The highest BCUT2D eigenvalue weighted by atomic mass is 16.2. The van der Waals surface area contributed by atoms with Crippen molar-refractivity contribution in [2.45, 2.75) is 38.6 Å². The number of nitrogens with zero attached hydrogens (tertiary/aromatic N) is 7. The van der Waals surface area contributed by atoms with Crippen LogP contribution < -0.4 is 10.6 Å². The van der Waals surface area contributed by atoms with Crippen molar-refractivity contribution in [2.24, 2.45) is 5.41 Å². The maximum absolute atomic E-state index is 11.5. The fourth-order valence-corrected chi connectivity index (χ4v) is 5.29. The quantitative estimate of drug-likeness (QED) is 0.498. The number of anilines is 2. The first kappa shape index (κ1) is 20.0. The summed E-state index contributed by atoms with van der Waals surface area (Å²) in [6, 6.07) is 6.27. The Morgan fingerprint density at radius 1 is 1.09 bits per heavy atom. The monoisotopic (exact) mass is 445 g/mol. The van der Waals surface area contributed by atoms with Gasteiger partial charge in [-0.2, -0.15) is 10.1 Å². The van der Waals surface area contributed by atoms with E-state index < -0.39 is 0 Å². The zero-order chi connectivity index (χ0) is 22.6. The van der Waals surface area contributed by atoms with Gasteiger partial charge in [-0.05, 0) is 43.9 Å².